The molecular weight excluding hydrogens is 328 g/mol. The second-order valence-electron chi connectivity index (χ2n) is 6.44. The van der Waals surface area contributed by atoms with Crippen molar-refractivity contribution >= 4 is 16.8 Å². The highest BCUT2D eigenvalue weighted by Gasteiger charge is 2.17. The highest BCUT2D eigenvalue weighted by molar-refractivity contribution is 5.99. The minimum atomic E-state index is -0.225. The first kappa shape index (κ1) is 17.9. The molecule has 0 unspecified atom stereocenters. The van der Waals surface area contributed by atoms with Gasteiger partial charge in [-0.1, -0.05) is 0 Å². The number of nitrogens with one attached hydrogen (secondary N) is 2. The van der Waals surface area contributed by atoms with Crippen LogP contribution in [-0.2, 0) is 0 Å². The molecule has 0 aliphatic carbocycles. The molecule has 0 fully saturated rings. The number of benzene rings is 2. The number of aryl methyl sites for hydroxylation is 2. The van der Waals surface area contributed by atoms with Crippen molar-refractivity contribution in [3.05, 3.63) is 58.8 Å². The molecule has 2 N–H and O–H groups in total. The summed E-state index contributed by atoms with van der Waals surface area (Å²) in [5.41, 5.74) is 4.83. The Kier molecular flexibility index (Phi) is 4.89. The summed E-state index contributed by atoms with van der Waals surface area (Å²) in [5.74, 6) is 1.32. The van der Waals surface area contributed by atoms with Gasteiger partial charge in [0.2, 0.25) is 0 Å². The van der Waals surface area contributed by atoms with E-state index in [4.69, 9.17) is 9.47 Å². The average Bonchev–Trinajstić information content (AvgIpc) is 2.94. The van der Waals surface area contributed by atoms with Gasteiger partial charge in [-0.05, 0) is 62.7 Å². The smallest absolute Gasteiger partial charge is 0.251 e. The van der Waals surface area contributed by atoms with Crippen molar-refractivity contribution in [1.29, 1.82) is 0 Å². The molecule has 26 heavy (non-hydrogen) atoms. The van der Waals surface area contributed by atoms with Crippen molar-refractivity contribution in [3.63, 3.8) is 0 Å². The number of methoxy groups -OCH3 is 2. The van der Waals surface area contributed by atoms with E-state index in [1.807, 2.05) is 50.2 Å². The molecule has 0 spiro atoms. The van der Waals surface area contributed by atoms with Gasteiger partial charge in [-0.2, -0.15) is 0 Å². The van der Waals surface area contributed by atoms with E-state index >= 15 is 0 Å². The molecule has 0 aliphatic heterocycles. The predicted octanol–water partition coefficient (Wildman–Crippen LogP) is 4.29. The summed E-state index contributed by atoms with van der Waals surface area (Å²) in [5, 5.41) is 4.12. The second-order valence-corrected chi connectivity index (χ2v) is 6.44. The molecule has 3 aromatic rings. The van der Waals surface area contributed by atoms with E-state index in [1.165, 1.54) is 0 Å². The van der Waals surface area contributed by atoms with Crippen LogP contribution in [0, 0.1) is 13.8 Å². The fourth-order valence-corrected chi connectivity index (χ4v) is 3.14. The molecule has 1 amide bonds. The molecule has 1 atom stereocenters. The molecular formula is C21H24N2O3. The van der Waals surface area contributed by atoms with Crippen LogP contribution in [0.5, 0.6) is 11.5 Å². The fraction of sp³-hybridized carbons (Fsp3) is 0.286. The normalized spacial score (nSPS) is 12.0. The van der Waals surface area contributed by atoms with Crippen LogP contribution in [0.3, 0.4) is 0 Å². The number of hydrogen-bond donors (Lipinski definition) is 2. The minimum Gasteiger partial charge on any atom is -0.497 e. The number of carbonyl (C=O) groups excluding carboxylic acids is 1. The lowest BCUT2D eigenvalue weighted by atomic mass is 10.0. The van der Waals surface area contributed by atoms with Gasteiger partial charge in [-0.25, -0.2) is 0 Å². The Balaban J connectivity index is 1.86. The van der Waals surface area contributed by atoms with Crippen molar-refractivity contribution in [1.82, 2.24) is 10.3 Å². The summed E-state index contributed by atoms with van der Waals surface area (Å²) in [4.78, 5) is 16.1. The molecule has 0 radical (unpaired) electrons. The highest BCUT2D eigenvalue weighted by atomic mass is 16.5. The van der Waals surface area contributed by atoms with Crippen LogP contribution in [0.2, 0.25) is 0 Å². The summed E-state index contributed by atoms with van der Waals surface area (Å²) < 4.78 is 10.7. The Hall–Kier alpha value is -2.95. The Bertz CT molecular complexity index is 959. The summed E-state index contributed by atoms with van der Waals surface area (Å²) in [6.45, 7) is 6.02. The van der Waals surface area contributed by atoms with Gasteiger partial charge >= 0.3 is 0 Å². The van der Waals surface area contributed by atoms with Crippen molar-refractivity contribution in [2.75, 3.05) is 14.2 Å². The quantitative estimate of drug-likeness (QED) is 0.720. The number of fused-ring (bicyclic) bond motifs is 1. The maximum absolute atomic E-state index is 12.8. The third-order valence-electron chi connectivity index (χ3n) is 4.82. The van der Waals surface area contributed by atoms with Crippen LogP contribution in [-0.4, -0.2) is 25.1 Å². The predicted molar refractivity (Wildman–Crippen MR) is 103 cm³/mol. The zero-order chi connectivity index (χ0) is 18.8. The van der Waals surface area contributed by atoms with E-state index in [2.05, 4.69) is 17.2 Å². The number of ether oxygens (including phenoxy) is 2. The van der Waals surface area contributed by atoms with Gasteiger partial charge in [-0.15, -0.1) is 0 Å². The van der Waals surface area contributed by atoms with Gasteiger partial charge in [0.1, 0.15) is 11.5 Å². The van der Waals surface area contributed by atoms with Crippen LogP contribution in [0.15, 0.2) is 36.4 Å². The average molecular weight is 352 g/mol. The summed E-state index contributed by atoms with van der Waals surface area (Å²) in [7, 11) is 3.23. The van der Waals surface area contributed by atoms with Crippen LogP contribution >= 0.6 is 0 Å². The Labute approximate surface area is 153 Å². The van der Waals surface area contributed by atoms with E-state index in [1.54, 1.807) is 14.2 Å². The molecule has 2 aromatic carbocycles. The maximum Gasteiger partial charge on any atom is 0.251 e. The Morgan fingerprint density at radius 3 is 2.54 bits per heavy atom. The molecule has 0 aliphatic rings. The zero-order valence-corrected chi connectivity index (χ0v) is 15.8. The lowest BCUT2D eigenvalue weighted by molar-refractivity contribution is 0.0939. The Morgan fingerprint density at radius 2 is 1.85 bits per heavy atom. The van der Waals surface area contributed by atoms with E-state index in [9.17, 15) is 4.79 Å². The van der Waals surface area contributed by atoms with E-state index < -0.39 is 0 Å². The van der Waals surface area contributed by atoms with Crippen molar-refractivity contribution < 1.29 is 14.3 Å². The summed E-state index contributed by atoms with van der Waals surface area (Å²) in [6.07, 6.45) is 0. The van der Waals surface area contributed by atoms with Crippen molar-refractivity contribution in [2.45, 2.75) is 26.8 Å². The molecule has 0 saturated heterocycles. The number of hydrogen-bond acceptors (Lipinski definition) is 3. The Morgan fingerprint density at radius 1 is 1.08 bits per heavy atom. The first-order chi connectivity index (χ1) is 12.4. The standard InChI is InChI=1S/C21H24N2O3/c1-12-13(2)22-19-8-6-15(10-17(12)19)21(24)23-14(3)18-11-16(25-4)7-9-20(18)26-5/h6-11,14,22H,1-5H3,(H,23,24)/t14-/m1/s1. The SMILES string of the molecule is COc1ccc(OC)c([C@@H](C)NC(=O)c2ccc3[nH]c(C)c(C)c3c2)c1. The molecule has 0 saturated carbocycles. The fourth-order valence-electron chi connectivity index (χ4n) is 3.14. The van der Waals surface area contributed by atoms with Crippen LogP contribution < -0.4 is 14.8 Å². The first-order valence-electron chi connectivity index (χ1n) is 8.56. The molecule has 0 bridgehead atoms. The van der Waals surface area contributed by atoms with Crippen LogP contribution in [0.25, 0.3) is 10.9 Å². The largest absolute Gasteiger partial charge is 0.497 e. The molecule has 1 aromatic heterocycles. The number of amides is 1. The number of aromatic nitrogens is 1. The van der Waals surface area contributed by atoms with Gasteiger partial charge < -0.3 is 19.8 Å². The summed E-state index contributed by atoms with van der Waals surface area (Å²) in [6, 6.07) is 11.0. The van der Waals surface area contributed by atoms with Gasteiger partial charge in [0.25, 0.3) is 5.91 Å². The maximum atomic E-state index is 12.8. The number of H-pyrrole nitrogens is 1. The lowest BCUT2D eigenvalue weighted by Gasteiger charge is -2.18. The third kappa shape index (κ3) is 3.25. The highest BCUT2D eigenvalue weighted by Crippen LogP contribution is 2.29. The van der Waals surface area contributed by atoms with E-state index in [0.29, 0.717) is 11.3 Å². The molecule has 1 heterocycles. The van der Waals surface area contributed by atoms with Crippen molar-refractivity contribution in [2.24, 2.45) is 0 Å². The van der Waals surface area contributed by atoms with Gasteiger partial charge in [-0.3, -0.25) is 4.79 Å². The number of rotatable bonds is 5. The lowest BCUT2D eigenvalue weighted by Crippen LogP contribution is -2.27. The molecule has 5 heteroatoms. The van der Waals surface area contributed by atoms with Crippen LogP contribution in [0.4, 0.5) is 0 Å². The molecule has 3 rings (SSSR count). The third-order valence-corrected chi connectivity index (χ3v) is 4.82. The van der Waals surface area contributed by atoms with Gasteiger partial charge in [0.15, 0.2) is 0 Å². The second kappa shape index (κ2) is 7.12. The number of carbonyl (C=O) groups is 1. The van der Waals surface area contributed by atoms with Crippen molar-refractivity contribution in [3.8, 4) is 11.5 Å². The first-order valence-corrected chi connectivity index (χ1v) is 8.56. The summed E-state index contributed by atoms with van der Waals surface area (Å²) >= 11 is 0. The molecule has 5 nitrogen and oxygen atoms in total. The van der Waals surface area contributed by atoms with E-state index in [-0.39, 0.29) is 11.9 Å². The molecule has 136 valence electrons. The minimum absolute atomic E-state index is 0.123. The van der Waals surface area contributed by atoms with Crippen LogP contribution in [0.1, 0.15) is 40.1 Å². The number of aromatic amines is 1. The topological polar surface area (TPSA) is 63.4 Å². The monoisotopic (exact) mass is 352 g/mol. The van der Waals surface area contributed by atoms with E-state index in [0.717, 1.165) is 33.5 Å². The van der Waals surface area contributed by atoms with Gasteiger partial charge in [0.05, 0.1) is 20.3 Å². The zero-order valence-electron chi connectivity index (χ0n) is 15.8. The van der Waals surface area contributed by atoms with Gasteiger partial charge in [0, 0.05) is 27.7 Å².